The van der Waals surface area contributed by atoms with E-state index in [9.17, 15) is 0 Å². The summed E-state index contributed by atoms with van der Waals surface area (Å²) >= 11 is 0. The molecular weight excluding hydrogens is 246 g/mol. The van der Waals surface area contributed by atoms with Gasteiger partial charge in [-0.2, -0.15) is 0 Å². The molecule has 1 aromatic heterocycles. The van der Waals surface area contributed by atoms with Crippen molar-refractivity contribution in [1.82, 2.24) is 4.98 Å². The van der Waals surface area contributed by atoms with Crippen LogP contribution in [-0.2, 0) is 0 Å². The largest absolute Gasteiger partial charge is 0.497 e. The van der Waals surface area contributed by atoms with Gasteiger partial charge >= 0.3 is 0 Å². The quantitative estimate of drug-likeness (QED) is 0.696. The Labute approximate surface area is 118 Å². The Morgan fingerprint density at radius 3 is 2.30 bits per heavy atom. The molecule has 3 rings (SSSR count). The van der Waals surface area contributed by atoms with Gasteiger partial charge in [0.2, 0.25) is 0 Å². The highest BCUT2D eigenvalue weighted by Gasteiger charge is 2.09. The Bertz CT molecular complexity index is 693. The highest BCUT2D eigenvalue weighted by Crippen LogP contribution is 2.33. The molecule has 0 atom stereocenters. The lowest BCUT2D eigenvalue weighted by Gasteiger charge is -2.11. The number of pyridine rings is 1. The number of hydrogen-bond acceptors (Lipinski definition) is 2. The van der Waals surface area contributed by atoms with Crippen LogP contribution in [0.15, 0.2) is 72.9 Å². The molecular formula is C18H15NO. The summed E-state index contributed by atoms with van der Waals surface area (Å²) in [5.74, 6) is 0.850. The van der Waals surface area contributed by atoms with Gasteiger partial charge in [-0.1, -0.05) is 36.4 Å². The second kappa shape index (κ2) is 5.57. The van der Waals surface area contributed by atoms with Crippen molar-refractivity contribution in [2.75, 3.05) is 7.11 Å². The van der Waals surface area contributed by atoms with Gasteiger partial charge in [-0.05, 0) is 41.5 Å². The molecule has 2 nitrogen and oxygen atoms in total. The van der Waals surface area contributed by atoms with Crippen LogP contribution in [0.2, 0.25) is 0 Å². The van der Waals surface area contributed by atoms with Crippen molar-refractivity contribution in [1.29, 1.82) is 0 Å². The van der Waals surface area contributed by atoms with E-state index in [2.05, 4.69) is 29.2 Å². The molecule has 3 aromatic rings. The molecule has 2 aromatic carbocycles. The monoisotopic (exact) mass is 261 g/mol. The van der Waals surface area contributed by atoms with Gasteiger partial charge in [0, 0.05) is 11.8 Å². The summed E-state index contributed by atoms with van der Waals surface area (Å²) in [7, 11) is 1.69. The maximum Gasteiger partial charge on any atom is 0.119 e. The van der Waals surface area contributed by atoms with Crippen molar-refractivity contribution in [2.24, 2.45) is 0 Å². The number of benzene rings is 2. The van der Waals surface area contributed by atoms with Crippen LogP contribution < -0.4 is 4.74 Å². The standard InChI is InChI=1S/C18H15NO/c1-20-15-10-11-16(18-9-5-6-12-19-18)17(13-15)14-7-3-2-4-8-14/h2-13H,1H3. The zero-order valence-electron chi connectivity index (χ0n) is 11.3. The summed E-state index contributed by atoms with van der Waals surface area (Å²) in [6.07, 6.45) is 1.81. The van der Waals surface area contributed by atoms with Crippen LogP contribution in [0, 0.1) is 0 Å². The molecule has 0 fully saturated rings. The van der Waals surface area contributed by atoms with Gasteiger partial charge in [0.25, 0.3) is 0 Å². The SMILES string of the molecule is COc1ccc(-c2ccccn2)c(-c2ccccc2)c1. The summed E-state index contributed by atoms with van der Waals surface area (Å²) in [4.78, 5) is 4.45. The van der Waals surface area contributed by atoms with Crippen LogP contribution in [0.1, 0.15) is 0 Å². The summed E-state index contributed by atoms with van der Waals surface area (Å²) in [6.45, 7) is 0. The number of methoxy groups -OCH3 is 1. The first kappa shape index (κ1) is 12.4. The summed E-state index contributed by atoms with van der Waals surface area (Å²) in [6, 6.07) is 22.3. The minimum absolute atomic E-state index is 0.850. The average Bonchev–Trinajstić information content (AvgIpc) is 2.56. The lowest BCUT2D eigenvalue weighted by atomic mass is 9.97. The number of rotatable bonds is 3. The number of hydrogen-bond donors (Lipinski definition) is 0. The van der Waals surface area contributed by atoms with Crippen molar-refractivity contribution in [2.45, 2.75) is 0 Å². The molecule has 0 saturated carbocycles. The molecule has 0 amide bonds. The summed E-state index contributed by atoms with van der Waals surface area (Å²) in [5, 5.41) is 0. The van der Waals surface area contributed by atoms with Crippen LogP contribution in [-0.4, -0.2) is 12.1 Å². The first-order valence-corrected chi connectivity index (χ1v) is 6.53. The van der Waals surface area contributed by atoms with Crippen LogP contribution in [0.4, 0.5) is 0 Å². The van der Waals surface area contributed by atoms with E-state index in [-0.39, 0.29) is 0 Å². The Morgan fingerprint density at radius 2 is 1.60 bits per heavy atom. The van der Waals surface area contributed by atoms with Crippen molar-refractivity contribution >= 4 is 0 Å². The Balaban J connectivity index is 2.20. The molecule has 0 aliphatic heterocycles. The van der Waals surface area contributed by atoms with Gasteiger partial charge in [-0.25, -0.2) is 0 Å². The van der Waals surface area contributed by atoms with Crippen LogP contribution in [0.3, 0.4) is 0 Å². The van der Waals surface area contributed by atoms with Gasteiger partial charge in [0.1, 0.15) is 5.75 Å². The van der Waals surface area contributed by atoms with Crippen LogP contribution >= 0.6 is 0 Å². The molecule has 0 N–H and O–H groups in total. The minimum Gasteiger partial charge on any atom is -0.497 e. The zero-order valence-corrected chi connectivity index (χ0v) is 11.3. The molecule has 0 radical (unpaired) electrons. The topological polar surface area (TPSA) is 22.1 Å². The van der Waals surface area contributed by atoms with E-state index in [0.29, 0.717) is 0 Å². The molecule has 0 aliphatic carbocycles. The third-order valence-corrected chi connectivity index (χ3v) is 3.25. The van der Waals surface area contributed by atoms with Gasteiger partial charge in [-0.15, -0.1) is 0 Å². The Kier molecular flexibility index (Phi) is 3.46. The molecule has 0 aliphatic rings. The average molecular weight is 261 g/mol. The molecule has 0 unspecified atom stereocenters. The fraction of sp³-hybridized carbons (Fsp3) is 0.0556. The molecule has 98 valence electrons. The second-order valence-electron chi connectivity index (χ2n) is 4.49. The number of nitrogens with zero attached hydrogens (tertiary/aromatic N) is 1. The smallest absolute Gasteiger partial charge is 0.119 e. The lowest BCUT2D eigenvalue weighted by Crippen LogP contribution is -1.90. The summed E-state index contributed by atoms with van der Waals surface area (Å²) < 4.78 is 5.35. The van der Waals surface area contributed by atoms with E-state index in [1.54, 1.807) is 7.11 Å². The first-order valence-electron chi connectivity index (χ1n) is 6.53. The third-order valence-electron chi connectivity index (χ3n) is 3.25. The van der Waals surface area contributed by atoms with Crippen molar-refractivity contribution < 1.29 is 4.74 Å². The van der Waals surface area contributed by atoms with E-state index in [4.69, 9.17) is 4.74 Å². The molecule has 0 spiro atoms. The van der Waals surface area contributed by atoms with Crippen LogP contribution in [0.5, 0.6) is 5.75 Å². The van der Waals surface area contributed by atoms with Crippen LogP contribution in [0.25, 0.3) is 22.4 Å². The normalized spacial score (nSPS) is 10.2. The van der Waals surface area contributed by atoms with Crippen molar-refractivity contribution in [3.63, 3.8) is 0 Å². The Morgan fingerprint density at radius 1 is 0.800 bits per heavy atom. The fourth-order valence-corrected chi connectivity index (χ4v) is 2.25. The highest BCUT2D eigenvalue weighted by atomic mass is 16.5. The summed E-state index contributed by atoms with van der Waals surface area (Å²) in [5.41, 5.74) is 4.36. The number of ether oxygens (including phenoxy) is 1. The predicted molar refractivity (Wildman–Crippen MR) is 81.7 cm³/mol. The molecule has 1 heterocycles. The molecule has 2 heteroatoms. The molecule has 0 bridgehead atoms. The molecule has 20 heavy (non-hydrogen) atoms. The van der Waals surface area contributed by atoms with Gasteiger partial charge in [0.15, 0.2) is 0 Å². The third kappa shape index (κ3) is 2.41. The first-order chi connectivity index (χ1) is 9.88. The van der Waals surface area contributed by atoms with Crippen molar-refractivity contribution in [3.8, 4) is 28.1 Å². The van der Waals surface area contributed by atoms with Crippen molar-refractivity contribution in [3.05, 3.63) is 72.9 Å². The molecule has 0 saturated heterocycles. The van der Waals surface area contributed by atoms with E-state index in [1.807, 2.05) is 48.7 Å². The van der Waals surface area contributed by atoms with Gasteiger partial charge < -0.3 is 4.74 Å². The van der Waals surface area contributed by atoms with E-state index >= 15 is 0 Å². The van der Waals surface area contributed by atoms with Gasteiger partial charge in [-0.3, -0.25) is 4.98 Å². The Hall–Kier alpha value is -2.61. The zero-order chi connectivity index (χ0) is 13.8. The van der Waals surface area contributed by atoms with Gasteiger partial charge in [0.05, 0.1) is 12.8 Å². The lowest BCUT2D eigenvalue weighted by molar-refractivity contribution is 0.415. The van der Waals surface area contributed by atoms with E-state index < -0.39 is 0 Å². The minimum atomic E-state index is 0.850. The van der Waals surface area contributed by atoms with E-state index in [1.165, 1.54) is 0 Å². The number of aromatic nitrogens is 1. The fourth-order valence-electron chi connectivity index (χ4n) is 2.25. The second-order valence-corrected chi connectivity index (χ2v) is 4.49. The highest BCUT2D eigenvalue weighted by molar-refractivity contribution is 5.82. The maximum atomic E-state index is 5.35. The predicted octanol–water partition coefficient (Wildman–Crippen LogP) is 4.42. The van der Waals surface area contributed by atoms with E-state index in [0.717, 1.165) is 28.1 Å². The maximum absolute atomic E-state index is 5.35.